The first-order chi connectivity index (χ1) is 7.88. The first-order valence-corrected chi connectivity index (χ1v) is 7.01. The number of carbonyl (C=O) groups is 1. The van der Waals surface area contributed by atoms with Crippen LogP contribution in [-0.2, 0) is 21.2 Å². The average molecular weight is 257 g/mol. The van der Waals surface area contributed by atoms with Crippen LogP contribution in [0, 0.1) is 0 Å². The molecule has 5 nitrogen and oxygen atoms in total. The molecule has 0 radical (unpaired) electrons. The number of aliphatic carboxylic acids is 1. The lowest BCUT2D eigenvalue weighted by Crippen LogP contribution is -2.40. The summed E-state index contributed by atoms with van der Waals surface area (Å²) < 4.78 is 24.1. The molecule has 17 heavy (non-hydrogen) atoms. The fraction of sp³-hybridized carbons (Fsp3) is 0.364. The molecular formula is C11H15NO4S. The molecule has 1 aromatic rings. The van der Waals surface area contributed by atoms with Crippen molar-refractivity contribution in [3.8, 4) is 0 Å². The van der Waals surface area contributed by atoms with E-state index < -0.39 is 22.0 Å². The van der Waals surface area contributed by atoms with Gasteiger partial charge < -0.3 is 5.11 Å². The van der Waals surface area contributed by atoms with Gasteiger partial charge in [-0.3, -0.25) is 4.79 Å². The largest absolute Gasteiger partial charge is 0.480 e. The highest BCUT2D eigenvalue weighted by Gasteiger charge is 2.20. The second-order valence-electron chi connectivity index (χ2n) is 3.81. The summed E-state index contributed by atoms with van der Waals surface area (Å²) >= 11 is 0. The Hall–Kier alpha value is -1.40. The molecule has 0 fully saturated rings. The number of sulfonamides is 1. The third kappa shape index (κ3) is 5.46. The van der Waals surface area contributed by atoms with E-state index in [1.807, 2.05) is 30.3 Å². The summed E-state index contributed by atoms with van der Waals surface area (Å²) in [5, 5.41) is 8.89. The summed E-state index contributed by atoms with van der Waals surface area (Å²) in [5.41, 5.74) is 0.981. The summed E-state index contributed by atoms with van der Waals surface area (Å²) in [5.74, 6) is -1.16. The van der Waals surface area contributed by atoms with Crippen LogP contribution in [0.1, 0.15) is 12.0 Å². The van der Waals surface area contributed by atoms with Crippen LogP contribution in [0.5, 0.6) is 0 Å². The molecule has 0 spiro atoms. The zero-order chi connectivity index (χ0) is 12.9. The lowest BCUT2D eigenvalue weighted by Gasteiger charge is -2.12. The Kier molecular flexibility index (Phi) is 4.65. The van der Waals surface area contributed by atoms with E-state index >= 15 is 0 Å². The van der Waals surface area contributed by atoms with Crippen LogP contribution in [0.25, 0.3) is 0 Å². The van der Waals surface area contributed by atoms with E-state index in [4.69, 9.17) is 5.11 Å². The fourth-order valence-electron chi connectivity index (χ4n) is 1.45. The highest BCUT2D eigenvalue weighted by atomic mass is 32.2. The highest BCUT2D eigenvalue weighted by molar-refractivity contribution is 7.88. The molecule has 0 aliphatic rings. The molecule has 1 aromatic carbocycles. The molecule has 0 heterocycles. The van der Waals surface area contributed by atoms with E-state index in [1.165, 1.54) is 0 Å². The van der Waals surface area contributed by atoms with Crippen molar-refractivity contribution in [2.24, 2.45) is 0 Å². The summed E-state index contributed by atoms with van der Waals surface area (Å²) in [6.45, 7) is 0. The van der Waals surface area contributed by atoms with E-state index in [-0.39, 0.29) is 6.42 Å². The number of hydrogen-bond acceptors (Lipinski definition) is 3. The molecule has 0 aromatic heterocycles. The Morgan fingerprint density at radius 1 is 1.35 bits per heavy atom. The van der Waals surface area contributed by atoms with Gasteiger partial charge in [0.1, 0.15) is 6.04 Å². The molecule has 0 amide bonds. The SMILES string of the molecule is CS(=O)(=O)N[C@H](CCc1ccccc1)C(=O)O. The van der Waals surface area contributed by atoms with Gasteiger partial charge in [-0.2, -0.15) is 0 Å². The molecule has 1 rings (SSSR count). The third-order valence-corrected chi connectivity index (χ3v) is 2.93. The average Bonchev–Trinajstić information content (AvgIpc) is 2.24. The van der Waals surface area contributed by atoms with E-state index in [2.05, 4.69) is 4.72 Å². The van der Waals surface area contributed by atoms with Gasteiger partial charge in [-0.05, 0) is 18.4 Å². The molecule has 6 heteroatoms. The standard InChI is InChI=1S/C11H15NO4S/c1-17(15,16)12-10(11(13)14)8-7-9-5-3-2-4-6-9/h2-6,10,12H,7-8H2,1H3,(H,13,14)/t10-/m1/s1. The number of aryl methyl sites for hydroxylation is 1. The number of hydrogen-bond donors (Lipinski definition) is 2. The number of nitrogens with one attached hydrogen (secondary N) is 1. The molecule has 1 atom stereocenters. The second-order valence-corrected chi connectivity index (χ2v) is 5.59. The van der Waals surface area contributed by atoms with E-state index in [9.17, 15) is 13.2 Å². The normalized spacial score (nSPS) is 13.2. The van der Waals surface area contributed by atoms with Crippen LogP contribution in [-0.4, -0.2) is 31.8 Å². The van der Waals surface area contributed by atoms with Crippen molar-refractivity contribution < 1.29 is 18.3 Å². The molecule has 0 saturated heterocycles. The molecule has 0 aliphatic heterocycles. The van der Waals surface area contributed by atoms with Crippen molar-refractivity contribution in [1.82, 2.24) is 4.72 Å². The maximum Gasteiger partial charge on any atom is 0.321 e. The minimum Gasteiger partial charge on any atom is -0.480 e. The van der Waals surface area contributed by atoms with Crippen molar-refractivity contribution in [2.45, 2.75) is 18.9 Å². The summed E-state index contributed by atoms with van der Waals surface area (Å²) in [7, 11) is -3.50. The quantitative estimate of drug-likeness (QED) is 0.782. The Bertz CT molecular complexity index is 470. The monoisotopic (exact) mass is 257 g/mol. The van der Waals surface area contributed by atoms with Crippen LogP contribution in [0.2, 0.25) is 0 Å². The third-order valence-electron chi connectivity index (χ3n) is 2.22. The van der Waals surface area contributed by atoms with Gasteiger partial charge in [-0.1, -0.05) is 30.3 Å². The Morgan fingerprint density at radius 3 is 2.41 bits per heavy atom. The molecule has 0 bridgehead atoms. The van der Waals surface area contributed by atoms with Crippen molar-refractivity contribution in [3.05, 3.63) is 35.9 Å². The van der Waals surface area contributed by atoms with Gasteiger partial charge in [0.2, 0.25) is 10.0 Å². The first-order valence-electron chi connectivity index (χ1n) is 5.12. The zero-order valence-corrected chi connectivity index (χ0v) is 10.3. The van der Waals surface area contributed by atoms with Crippen molar-refractivity contribution >= 4 is 16.0 Å². The van der Waals surface area contributed by atoms with Crippen molar-refractivity contribution in [3.63, 3.8) is 0 Å². The van der Waals surface area contributed by atoms with Crippen LogP contribution < -0.4 is 4.72 Å². The molecular weight excluding hydrogens is 242 g/mol. The maximum absolute atomic E-state index is 11.0. The highest BCUT2D eigenvalue weighted by Crippen LogP contribution is 2.05. The number of carboxylic acid groups (broad SMARTS) is 1. The predicted octanol–water partition coefficient (Wildman–Crippen LogP) is 0.622. The van der Waals surface area contributed by atoms with Crippen LogP contribution in [0.4, 0.5) is 0 Å². The van der Waals surface area contributed by atoms with Gasteiger partial charge in [0, 0.05) is 0 Å². The minimum atomic E-state index is -3.50. The van der Waals surface area contributed by atoms with Crippen LogP contribution in [0.15, 0.2) is 30.3 Å². The van der Waals surface area contributed by atoms with Crippen LogP contribution >= 0.6 is 0 Å². The minimum absolute atomic E-state index is 0.229. The molecule has 0 unspecified atom stereocenters. The van der Waals surface area contributed by atoms with Gasteiger partial charge in [-0.15, -0.1) is 0 Å². The summed E-state index contributed by atoms with van der Waals surface area (Å²) in [4.78, 5) is 10.9. The van der Waals surface area contributed by atoms with Crippen molar-refractivity contribution in [2.75, 3.05) is 6.26 Å². The van der Waals surface area contributed by atoms with Gasteiger partial charge in [0.05, 0.1) is 6.26 Å². The predicted molar refractivity (Wildman–Crippen MR) is 64.2 cm³/mol. The first kappa shape index (κ1) is 13.7. The van der Waals surface area contributed by atoms with E-state index in [0.29, 0.717) is 6.42 Å². The van der Waals surface area contributed by atoms with Crippen molar-refractivity contribution in [1.29, 1.82) is 0 Å². The molecule has 94 valence electrons. The summed E-state index contributed by atoms with van der Waals surface area (Å²) in [6.07, 6.45) is 1.69. The number of benzene rings is 1. The number of rotatable bonds is 6. The lowest BCUT2D eigenvalue weighted by atomic mass is 10.1. The lowest BCUT2D eigenvalue weighted by molar-refractivity contribution is -0.139. The molecule has 2 N–H and O–H groups in total. The smallest absolute Gasteiger partial charge is 0.321 e. The molecule has 0 aliphatic carbocycles. The fourth-order valence-corrected chi connectivity index (χ4v) is 2.18. The maximum atomic E-state index is 11.0. The van der Waals surface area contributed by atoms with Crippen LogP contribution in [0.3, 0.4) is 0 Å². The Morgan fingerprint density at radius 2 is 1.94 bits per heavy atom. The topological polar surface area (TPSA) is 83.5 Å². The van der Waals surface area contributed by atoms with Gasteiger partial charge in [0.25, 0.3) is 0 Å². The van der Waals surface area contributed by atoms with E-state index in [0.717, 1.165) is 11.8 Å². The Labute approximate surface area is 101 Å². The van der Waals surface area contributed by atoms with E-state index in [1.54, 1.807) is 0 Å². The van der Waals surface area contributed by atoms with Gasteiger partial charge >= 0.3 is 5.97 Å². The molecule has 0 saturated carbocycles. The van der Waals surface area contributed by atoms with Gasteiger partial charge in [-0.25, -0.2) is 13.1 Å². The Balaban J connectivity index is 2.60. The zero-order valence-electron chi connectivity index (χ0n) is 9.46. The number of carboxylic acids is 1. The van der Waals surface area contributed by atoms with Gasteiger partial charge in [0.15, 0.2) is 0 Å². The summed E-state index contributed by atoms with van der Waals surface area (Å²) in [6, 6.07) is 8.25. The second kappa shape index (κ2) is 5.79.